The topological polar surface area (TPSA) is 20.2 Å². The molecular weight excluding hydrogens is 507 g/mol. The van der Waals surface area contributed by atoms with Crippen molar-refractivity contribution < 1.29 is 44.6 Å². The van der Waals surface area contributed by atoms with Gasteiger partial charge in [-0.1, -0.05) is 36.4 Å². The number of hydrogen-bond acceptors (Lipinski definition) is 1. The highest BCUT2D eigenvalue weighted by atomic mass is 32.2. The normalized spacial score (nSPS) is 12.5. The van der Waals surface area contributed by atoms with Crippen LogP contribution in [0.1, 0.15) is 11.1 Å². The van der Waals surface area contributed by atoms with Gasteiger partial charge in [-0.15, -0.1) is 0 Å². The Balaban J connectivity index is 0.000000287. The first-order valence-electron chi connectivity index (χ1n) is 9.86. The van der Waals surface area contributed by atoms with Gasteiger partial charge in [-0.2, -0.15) is 30.7 Å². The van der Waals surface area contributed by atoms with Gasteiger partial charge in [-0.25, -0.2) is 8.78 Å². The molecule has 190 valence electrons. The molecule has 3 aromatic rings. The summed E-state index contributed by atoms with van der Waals surface area (Å²) in [6.45, 7) is 3.92. The SMILES string of the molecule is Cc1cc([S+](c2ccccc2)c2ccccc2)cc(C)c1O.FC(F)C(F)(F)C(F)(F)C(F)(F)F. The number of alkyl halides is 9. The lowest BCUT2D eigenvalue weighted by atomic mass is 10.1. The minimum Gasteiger partial charge on any atom is -0.507 e. The van der Waals surface area contributed by atoms with Gasteiger partial charge in [0, 0.05) is 12.1 Å². The van der Waals surface area contributed by atoms with Gasteiger partial charge in [0.2, 0.25) is 0 Å². The van der Waals surface area contributed by atoms with E-state index in [1.54, 1.807) is 0 Å². The summed E-state index contributed by atoms with van der Waals surface area (Å²) in [6, 6.07) is 25.3. The molecule has 1 N–H and O–H groups in total. The molecule has 35 heavy (non-hydrogen) atoms. The number of aryl methyl sites for hydroxylation is 2. The fourth-order valence-electron chi connectivity index (χ4n) is 2.88. The molecule has 0 bridgehead atoms. The Morgan fingerprint density at radius 3 is 1.31 bits per heavy atom. The molecule has 0 saturated carbocycles. The Hall–Kier alpha value is -2.82. The van der Waals surface area contributed by atoms with Gasteiger partial charge in [0.25, 0.3) is 0 Å². The molecule has 0 amide bonds. The molecule has 0 radical (unpaired) electrons. The van der Waals surface area contributed by atoms with Crippen LogP contribution in [-0.4, -0.2) is 29.6 Å². The average molecular weight is 527 g/mol. The van der Waals surface area contributed by atoms with Crippen LogP contribution in [0.4, 0.5) is 39.5 Å². The molecule has 0 unspecified atom stereocenters. The van der Waals surface area contributed by atoms with Gasteiger partial charge in [-0.05, 0) is 49.2 Å². The number of hydrogen-bond donors (Lipinski definition) is 1. The summed E-state index contributed by atoms with van der Waals surface area (Å²) in [5.74, 6) is -12.7. The molecule has 0 fully saturated rings. The summed E-state index contributed by atoms with van der Waals surface area (Å²) in [5, 5.41) is 10.1. The largest absolute Gasteiger partial charge is 0.507 e. The summed E-state index contributed by atoms with van der Waals surface area (Å²) in [6.07, 6.45) is -11.8. The number of aromatic hydroxyl groups is 1. The Labute approximate surface area is 198 Å². The third kappa shape index (κ3) is 6.25. The lowest BCUT2D eigenvalue weighted by molar-refractivity contribution is -0.375. The molecule has 1 nitrogen and oxygen atoms in total. The van der Waals surface area contributed by atoms with Crippen LogP contribution < -0.4 is 0 Å². The van der Waals surface area contributed by atoms with Crippen LogP contribution >= 0.6 is 0 Å². The van der Waals surface area contributed by atoms with E-state index in [0.717, 1.165) is 11.1 Å². The van der Waals surface area contributed by atoms with Crippen molar-refractivity contribution in [3.63, 3.8) is 0 Å². The minimum absolute atomic E-state index is 0.155. The number of phenolic OH excluding ortho intramolecular Hbond substituents is 1. The lowest BCUT2D eigenvalue weighted by Gasteiger charge is -2.27. The van der Waals surface area contributed by atoms with E-state index in [0.29, 0.717) is 5.75 Å². The number of phenols is 1. The number of rotatable bonds is 5. The van der Waals surface area contributed by atoms with E-state index in [4.69, 9.17) is 0 Å². The highest BCUT2D eigenvalue weighted by Gasteiger charge is 2.76. The smallest absolute Gasteiger partial charge is 0.460 e. The molecule has 0 aliphatic rings. The zero-order valence-corrected chi connectivity index (χ0v) is 19.1. The van der Waals surface area contributed by atoms with Crippen LogP contribution in [-0.2, 0) is 10.9 Å². The van der Waals surface area contributed by atoms with E-state index >= 15 is 0 Å². The summed E-state index contributed by atoms with van der Waals surface area (Å²) in [4.78, 5) is 3.82. The first-order valence-corrected chi connectivity index (χ1v) is 11.1. The van der Waals surface area contributed by atoms with Gasteiger partial charge < -0.3 is 5.11 Å². The summed E-state index contributed by atoms with van der Waals surface area (Å²) < 4.78 is 102. The van der Waals surface area contributed by atoms with E-state index in [2.05, 4.69) is 60.7 Å². The first-order chi connectivity index (χ1) is 16.1. The van der Waals surface area contributed by atoms with E-state index in [1.807, 2.05) is 26.0 Å². The maximum atomic E-state index is 11.6. The highest BCUT2D eigenvalue weighted by Crippen LogP contribution is 2.49. The summed E-state index contributed by atoms with van der Waals surface area (Å²) in [5.41, 5.74) is 1.86. The standard InChI is InChI=1S/C20H18OS.C4HF9/c1-15-13-19(14-16(2)20(15)21)22(17-9-5-3-6-10-17)18-11-7-4-8-12-18;5-1(6)2(7,8)3(9,10)4(11,12)13/h3-14H,1-2H3;1H/p+1. The fraction of sp³-hybridized carbons (Fsp3) is 0.250. The maximum Gasteiger partial charge on any atom is 0.460 e. The van der Waals surface area contributed by atoms with E-state index in [-0.39, 0.29) is 10.9 Å². The average Bonchev–Trinajstić information content (AvgIpc) is 2.78. The van der Waals surface area contributed by atoms with E-state index in [9.17, 15) is 44.6 Å². The van der Waals surface area contributed by atoms with Gasteiger partial charge in [0.1, 0.15) is 5.75 Å². The van der Waals surface area contributed by atoms with Crippen molar-refractivity contribution >= 4 is 10.9 Å². The lowest BCUT2D eigenvalue weighted by Crippen LogP contribution is -2.55. The molecular formula is C24H20F9OS+. The van der Waals surface area contributed by atoms with Crippen LogP contribution in [0.5, 0.6) is 5.75 Å². The van der Waals surface area contributed by atoms with Crippen molar-refractivity contribution in [2.24, 2.45) is 0 Å². The van der Waals surface area contributed by atoms with Crippen LogP contribution in [0, 0.1) is 13.8 Å². The molecule has 0 atom stereocenters. The maximum absolute atomic E-state index is 11.6. The molecule has 0 spiro atoms. The quantitative estimate of drug-likeness (QED) is 0.262. The monoisotopic (exact) mass is 527 g/mol. The van der Waals surface area contributed by atoms with Crippen molar-refractivity contribution in [3.8, 4) is 5.75 Å². The Morgan fingerprint density at radius 2 is 1.03 bits per heavy atom. The van der Waals surface area contributed by atoms with Crippen LogP contribution in [0.15, 0.2) is 87.5 Å². The second kappa shape index (κ2) is 10.8. The second-order valence-electron chi connectivity index (χ2n) is 7.33. The molecule has 11 heteroatoms. The predicted molar refractivity (Wildman–Crippen MR) is 115 cm³/mol. The van der Waals surface area contributed by atoms with Crippen LogP contribution in [0.2, 0.25) is 0 Å². The van der Waals surface area contributed by atoms with E-state index in [1.165, 1.54) is 14.7 Å². The zero-order valence-electron chi connectivity index (χ0n) is 18.3. The highest BCUT2D eigenvalue weighted by molar-refractivity contribution is 7.97. The molecule has 0 aromatic heterocycles. The van der Waals surface area contributed by atoms with Gasteiger partial charge in [0.05, 0.1) is 10.9 Å². The number of benzene rings is 3. The predicted octanol–water partition coefficient (Wildman–Crippen LogP) is 8.19. The van der Waals surface area contributed by atoms with Gasteiger partial charge in [0.15, 0.2) is 14.7 Å². The van der Waals surface area contributed by atoms with Crippen LogP contribution in [0.25, 0.3) is 0 Å². The van der Waals surface area contributed by atoms with Gasteiger partial charge in [-0.3, -0.25) is 0 Å². The molecule has 0 aliphatic carbocycles. The summed E-state index contributed by atoms with van der Waals surface area (Å²) >= 11 is 0. The third-order valence-corrected chi connectivity index (χ3v) is 6.90. The summed E-state index contributed by atoms with van der Waals surface area (Å²) in [7, 11) is -0.155. The third-order valence-electron chi connectivity index (χ3n) is 4.71. The van der Waals surface area contributed by atoms with Crippen molar-refractivity contribution in [1.82, 2.24) is 0 Å². The van der Waals surface area contributed by atoms with Crippen molar-refractivity contribution in [2.45, 2.75) is 53.0 Å². The first kappa shape index (κ1) is 28.4. The van der Waals surface area contributed by atoms with Crippen molar-refractivity contribution in [2.75, 3.05) is 0 Å². The van der Waals surface area contributed by atoms with E-state index < -0.39 is 24.4 Å². The molecule has 0 aliphatic heterocycles. The minimum atomic E-state index is -6.73. The second-order valence-corrected chi connectivity index (χ2v) is 9.36. The molecule has 3 aromatic carbocycles. The number of halogens is 9. The zero-order chi connectivity index (χ0) is 26.6. The fourth-order valence-corrected chi connectivity index (χ4v) is 5.15. The molecule has 3 rings (SSSR count). The molecule has 0 saturated heterocycles. The van der Waals surface area contributed by atoms with Gasteiger partial charge >= 0.3 is 24.4 Å². The van der Waals surface area contributed by atoms with Crippen LogP contribution in [0.3, 0.4) is 0 Å². The van der Waals surface area contributed by atoms with Crippen molar-refractivity contribution in [3.05, 3.63) is 83.9 Å². The Morgan fingerprint density at radius 1 is 0.657 bits per heavy atom. The Kier molecular flexibility index (Phi) is 8.80. The van der Waals surface area contributed by atoms with Crippen molar-refractivity contribution in [1.29, 1.82) is 0 Å². The Bertz CT molecular complexity index is 1040. The molecule has 0 heterocycles.